The summed E-state index contributed by atoms with van der Waals surface area (Å²) in [6, 6.07) is 0.0312. The van der Waals surface area contributed by atoms with E-state index < -0.39 is 78.6 Å². The topological polar surface area (TPSA) is 173 Å². The third-order valence-corrected chi connectivity index (χ3v) is 5.80. The molecule has 1 aromatic rings. The highest BCUT2D eigenvalue weighted by atomic mass is 16.6. The van der Waals surface area contributed by atoms with E-state index in [1.165, 1.54) is 26.1 Å². The zero-order valence-corrected chi connectivity index (χ0v) is 23.0. The number of amides is 1. The molecule has 0 bridgehead atoms. The number of nitrogens with zero attached hydrogens (tertiary/aromatic N) is 1. The molecule has 13 heteroatoms. The van der Waals surface area contributed by atoms with Crippen molar-refractivity contribution in [2.45, 2.75) is 79.2 Å². The number of aromatic nitrogens is 1. The van der Waals surface area contributed by atoms with Crippen LogP contribution in [0.4, 0.5) is 0 Å². The van der Waals surface area contributed by atoms with Gasteiger partial charge in [0.15, 0.2) is 29.7 Å². The lowest BCUT2D eigenvalue weighted by Crippen LogP contribution is -2.47. The number of hydrogen-bond donors (Lipinski definition) is 1. The van der Waals surface area contributed by atoms with Gasteiger partial charge < -0.3 is 29.0 Å². The molecule has 1 aromatic heterocycles. The van der Waals surface area contributed by atoms with Crippen molar-refractivity contribution in [2.75, 3.05) is 6.61 Å². The first-order chi connectivity index (χ1) is 18.3. The van der Waals surface area contributed by atoms with Crippen LogP contribution in [0, 0.1) is 18.8 Å². The molecule has 0 radical (unpaired) electrons. The predicted molar refractivity (Wildman–Crippen MR) is 132 cm³/mol. The van der Waals surface area contributed by atoms with Gasteiger partial charge in [-0.25, -0.2) is 14.6 Å². The van der Waals surface area contributed by atoms with Crippen molar-refractivity contribution < 1.29 is 52.5 Å². The summed E-state index contributed by atoms with van der Waals surface area (Å²) in [5, 5.41) is 2.39. The standard InChI is InChI=1S/C26H34N2O11/c1-8-17-21(39-23(31)12(2)3)14(5)37-26(34)18(11-35-25(17)33)28-22(30)19-20(13(4)9-10-27-19)38-24(32)15(6)36-16(7)29/h9-10,12,14-15,17-18,21H,8,11H2,1-7H3,(H,28,30)/t14-,15-,17+,18-,21-/m0/s1. The van der Waals surface area contributed by atoms with E-state index in [1.54, 1.807) is 27.7 Å². The van der Waals surface area contributed by atoms with Gasteiger partial charge in [0, 0.05) is 13.1 Å². The van der Waals surface area contributed by atoms with Crippen molar-refractivity contribution in [1.29, 1.82) is 0 Å². The molecule has 5 atom stereocenters. The summed E-state index contributed by atoms with van der Waals surface area (Å²) in [5.41, 5.74) is 0.0109. The van der Waals surface area contributed by atoms with Crippen LogP contribution >= 0.6 is 0 Å². The molecule has 0 spiro atoms. The SMILES string of the molecule is CC[C@H]1C(=O)OC[C@H](NC(=O)c2nccc(C)c2OC(=O)[C@H](C)OC(C)=O)C(=O)O[C@@H](C)[C@@H]1OC(=O)C(C)C. The zero-order chi connectivity index (χ0) is 29.4. The number of rotatable bonds is 8. The first kappa shape index (κ1) is 31.2. The molecule has 0 saturated carbocycles. The summed E-state index contributed by atoms with van der Waals surface area (Å²) in [4.78, 5) is 78.7. The van der Waals surface area contributed by atoms with Gasteiger partial charge in [0.2, 0.25) is 0 Å². The molecule has 1 aliphatic rings. The van der Waals surface area contributed by atoms with E-state index in [4.69, 9.17) is 23.7 Å². The van der Waals surface area contributed by atoms with E-state index in [1.807, 2.05) is 0 Å². The predicted octanol–water partition coefficient (Wildman–Crippen LogP) is 1.43. The Morgan fingerprint density at radius 2 is 1.79 bits per heavy atom. The van der Waals surface area contributed by atoms with E-state index in [0.717, 1.165) is 6.92 Å². The number of pyridine rings is 1. The summed E-state index contributed by atoms with van der Waals surface area (Å²) in [6.45, 7) is 9.83. The third-order valence-electron chi connectivity index (χ3n) is 5.80. The molecule has 1 fully saturated rings. The molecule has 1 saturated heterocycles. The average Bonchev–Trinajstić information content (AvgIpc) is 2.89. The maximum Gasteiger partial charge on any atom is 0.352 e. The summed E-state index contributed by atoms with van der Waals surface area (Å²) < 4.78 is 26.3. The fraction of sp³-hybridized carbons (Fsp3) is 0.577. The van der Waals surface area contributed by atoms with Crippen LogP contribution in [0.3, 0.4) is 0 Å². The average molecular weight is 551 g/mol. The second-order valence-corrected chi connectivity index (χ2v) is 9.35. The molecule has 2 rings (SSSR count). The molecule has 1 amide bonds. The molecule has 1 aliphatic heterocycles. The van der Waals surface area contributed by atoms with Crippen molar-refractivity contribution >= 4 is 35.8 Å². The van der Waals surface area contributed by atoms with Gasteiger partial charge in [0.05, 0.1) is 11.8 Å². The van der Waals surface area contributed by atoms with Crippen LogP contribution in [0.5, 0.6) is 5.75 Å². The maximum atomic E-state index is 13.1. The summed E-state index contributed by atoms with van der Waals surface area (Å²) in [7, 11) is 0. The minimum atomic E-state index is -1.45. The van der Waals surface area contributed by atoms with Gasteiger partial charge in [-0.1, -0.05) is 20.8 Å². The van der Waals surface area contributed by atoms with Crippen molar-refractivity contribution in [3.8, 4) is 5.75 Å². The van der Waals surface area contributed by atoms with Crippen LogP contribution in [0.2, 0.25) is 0 Å². The van der Waals surface area contributed by atoms with E-state index in [2.05, 4.69) is 10.3 Å². The van der Waals surface area contributed by atoms with Crippen LogP contribution in [-0.2, 0) is 42.9 Å². The van der Waals surface area contributed by atoms with E-state index >= 15 is 0 Å². The minimum absolute atomic E-state index is 0.215. The van der Waals surface area contributed by atoms with Crippen LogP contribution in [0.25, 0.3) is 0 Å². The van der Waals surface area contributed by atoms with Crippen LogP contribution in [-0.4, -0.2) is 71.7 Å². The highest BCUT2D eigenvalue weighted by Crippen LogP contribution is 2.25. The second-order valence-electron chi connectivity index (χ2n) is 9.35. The largest absolute Gasteiger partial charge is 0.463 e. The second kappa shape index (κ2) is 13.7. The molecule has 214 valence electrons. The molecule has 0 aliphatic carbocycles. The Morgan fingerprint density at radius 1 is 1.13 bits per heavy atom. The Bertz CT molecular complexity index is 1120. The fourth-order valence-electron chi connectivity index (χ4n) is 3.62. The Kier molecular flexibility index (Phi) is 10.9. The third kappa shape index (κ3) is 8.23. The van der Waals surface area contributed by atoms with E-state index in [9.17, 15) is 28.8 Å². The molecule has 0 unspecified atom stereocenters. The van der Waals surface area contributed by atoms with Gasteiger partial charge in [0.1, 0.15) is 12.7 Å². The highest BCUT2D eigenvalue weighted by molar-refractivity contribution is 5.98. The van der Waals surface area contributed by atoms with Gasteiger partial charge in [-0.3, -0.25) is 19.2 Å². The van der Waals surface area contributed by atoms with Crippen LogP contribution < -0.4 is 10.1 Å². The number of aryl methyl sites for hydroxylation is 1. The number of cyclic esters (lactones) is 2. The van der Waals surface area contributed by atoms with Crippen LogP contribution in [0.1, 0.15) is 64.0 Å². The monoisotopic (exact) mass is 550 g/mol. The Morgan fingerprint density at radius 3 is 2.38 bits per heavy atom. The van der Waals surface area contributed by atoms with Crippen molar-refractivity contribution in [3.63, 3.8) is 0 Å². The summed E-state index contributed by atoms with van der Waals surface area (Å²) in [5.74, 6) is -6.44. The zero-order valence-electron chi connectivity index (χ0n) is 23.0. The number of carbonyl (C=O) groups is 6. The lowest BCUT2D eigenvalue weighted by atomic mass is 9.95. The van der Waals surface area contributed by atoms with E-state index in [-0.39, 0.29) is 17.9 Å². The molecular formula is C26H34N2O11. The lowest BCUT2D eigenvalue weighted by Gasteiger charge is -2.29. The molecular weight excluding hydrogens is 516 g/mol. The van der Waals surface area contributed by atoms with Crippen LogP contribution in [0.15, 0.2) is 12.3 Å². The molecule has 13 nitrogen and oxygen atoms in total. The maximum absolute atomic E-state index is 13.1. The van der Waals surface area contributed by atoms with Gasteiger partial charge in [-0.15, -0.1) is 0 Å². The van der Waals surface area contributed by atoms with Gasteiger partial charge in [-0.05, 0) is 38.8 Å². The van der Waals surface area contributed by atoms with Crippen molar-refractivity contribution in [1.82, 2.24) is 10.3 Å². The van der Waals surface area contributed by atoms with Gasteiger partial charge in [-0.2, -0.15) is 0 Å². The van der Waals surface area contributed by atoms with E-state index in [0.29, 0.717) is 5.56 Å². The minimum Gasteiger partial charge on any atom is -0.463 e. The molecule has 1 N–H and O–H groups in total. The summed E-state index contributed by atoms with van der Waals surface area (Å²) >= 11 is 0. The molecule has 39 heavy (non-hydrogen) atoms. The Labute approximate surface area is 225 Å². The number of carbonyl (C=O) groups excluding carboxylic acids is 6. The Balaban J connectivity index is 2.28. The highest BCUT2D eigenvalue weighted by Gasteiger charge is 2.41. The first-order valence-electron chi connectivity index (χ1n) is 12.5. The Hall–Kier alpha value is -4.03. The summed E-state index contributed by atoms with van der Waals surface area (Å²) in [6.07, 6.45) is -1.86. The van der Waals surface area contributed by atoms with Gasteiger partial charge in [0.25, 0.3) is 5.91 Å². The van der Waals surface area contributed by atoms with Crippen molar-refractivity contribution in [3.05, 3.63) is 23.5 Å². The number of hydrogen-bond acceptors (Lipinski definition) is 12. The van der Waals surface area contributed by atoms with Crippen molar-refractivity contribution in [2.24, 2.45) is 11.8 Å². The smallest absolute Gasteiger partial charge is 0.352 e. The fourth-order valence-corrected chi connectivity index (χ4v) is 3.62. The number of nitrogens with one attached hydrogen (secondary N) is 1. The quantitative estimate of drug-likeness (QED) is 0.365. The number of esters is 5. The first-order valence-corrected chi connectivity index (χ1v) is 12.5. The number of ether oxygens (including phenoxy) is 5. The molecule has 0 aromatic carbocycles. The molecule has 2 heterocycles. The van der Waals surface area contributed by atoms with Gasteiger partial charge >= 0.3 is 29.8 Å². The normalized spacial score (nSPS) is 22.3. The lowest BCUT2D eigenvalue weighted by molar-refractivity contribution is -0.176.